The molecule has 180 valence electrons. The maximum atomic E-state index is 14.5. The van der Waals surface area contributed by atoms with Gasteiger partial charge in [-0.05, 0) is 18.2 Å². The number of hydrogen-bond donors (Lipinski definition) is 2. The number of para-hydroxylation sites is 2. The van der Waals surface area contributed by atoms with Crippen LogP contribution in [0.5, 0.6) is 5.88 Å². The molecule has 1 atom stereocenters. The standard InChI is InChI=1S/C28H20N6O3/c29-15-20-25(31)37-26-23(28(20)19-13-7-8-14-21(19)33(27(28)36)16-22(30)35)24(17-9-3-1-4-10-17)32-34(26)18-11-5-2-6-12-18/h1-14H,16,31H2,(H2,30,35)/t28-/m0/s1. The number of nitrogens with two attached hydrogens (primary N) is 2. The summed E-state index contributed by atoms with van der Waals surface area (Å²) < 4.78 is 7.64. The van der Waals surface area contributed by atoms with Crippen LogP contribution in [0.1, 0.15) is 11.1 Å². The molecule has 2 aliphatic heterocycles. The van der Waals surface area contributed by atoms with E-state index in [1.165, 1.54) is 4.90 Å². The molecule has 9 heteroatoms. The summed E-state index contributed by atoms with van der Waals surface area (Å²) in [7, 11) is 0. The molecule has 6 rings (SSSR count). The highest BCUT2D eigenvalue weighted by Crippen LogP contribution is 2.57. The number of amides is 2. The van der Waals surface area contributed by atoms with Crippen LogP contribution in [0.25, 0.3) is 16.9 Å². The number of ether oxygens (including phenoxy) is 1. The average Bonchev–Trinajstić information content (AvgIpc) is 3.40. The Labute approximate surface area is 211 Å². The van der Waals surface area contributed by atoms with E-state index < -0.39 is 17.2 Å². The lowest BCUT2D eigenvalue weighted by molar-refractivity contribution is -0.123. The first-order valence-corrected chi connectivity index (χ1v) is 11.5. The van der Waals surface area contributed by atoms with Crippen molar-refractivity contribution in [3.63, 3.8) is 0 Å². The smallest absolute Gasteiger partial charge is 0.248 e. The van der Waals surface area contributed by atoms with Gasteiger partial charge in [0.15, 0.2) is 0 Å². The third-order valence-electron chi connectivity index (χ3n) is 6.68. The van der Waals surface area contributed by atoms with E-state index in [0.29, 0.717) is 33.8 Å². The largest absolute Gasteiger partial charge is 0.422 e. The number of anilines is 1. The quantitative estimate of drug-likeness (QED) is 0.453. The van der Waals surface area contributed by atoms with Gasteiger partial charge in [0.05, 0.1) is 11.3 Å². The van der Waals surface area contributed by atoms with Gasteiger partial charge in [-0.15, -0.1) is 0 Å². The minimum absolute atomic E-state index is 0.0748. The lowest BCUT2D eigenvalue weighted by Crippen LogP contribution is -2.48. The normalized spacial score (nSPS) is 17.8. The molecule has 4 aromatic rings. The molecule has 2 amide bonds. The molecule has 3 heterocycles. The number of nitriles is 1. The second kappa shape index (κ2) is 8.10. The number of aromatic nitrogens is 2. The maximum Gasteiger partial charge on any atom is 0.248 e. The van der Waals surface area contributed by atoms with Gasteiger partial charge in [-0.25, -0.2) is 0 Å². The summed E-state index contributed by atoms with van der Waals surface area (Å²) >= 11 is 0. The van der Waals surface area contributed by atoms with Crippen LogP contribution >= 0.6 is 0 Å². The lowest BCUT2D eigenvalue weighted by atomic mass is 9.68. The zero-order valence-corrected chi connectivity index (χ0v) is 19.5. The van der Waals surface area contributed by atoms with Crippen molar-refractivity contribution in [3.05, 3.63) is 108 Å². The molecule has 0 aliphatic carbocycles. The lowest BCUT2D eigenvalue weighted by Gasteiger charge is -2.33. The van der Waals surface area contributed by atoms with E-state index in [2.05, 4.69) is 6.07 Å². The van der Waals surface area contributed by atoms with Gasteiger partial charge in [0.25, 0.3) is 0 Å². The maximum absolute atomic E-state index is 14.5. The number of carbonyl (C=O) groups excluding carboxylic acids is 2. The van der Waals surface area contributed by atoms with Crippen molar-refractivity contribution in [2.45, 2.75) is 5.41 Å². The van der Waals surface area contributed by atoms with Crippen LogP contribution in [0.4, 0.5) is 5.69 Å². The summed E-state index contributed by atoms with van der Waals surface area (Å²) in [6.45, 7) is -0.361. The van der Waals surface area contributed by atoms with Crippen molar-refractivity contribution in [2.24, 2.45) is 11.5 Å². The second-order valence-corrected chi connectivity index (χ2v) is 8.72. The van der Waals surface area contributed by atoms with Gasteiger partial charge >= 0.3 is 0 Å². The highest BCUT2D eigenvalue weighted by atomic mass is 16.5. The van der Waals surface area contributed by atoms with E-state index in [1.807, 2.05) is 60.7 Å². The Morgan fingerprint density at radius 1 is 1.00 bits per heavy atom. The third-order valence-corrected chi connectivity index (χ3v) is 6.68. The van der Waals surface area contributed by atoms with Gasteiger partial charge in [-0.2, -0.15) is 15.0 Å². The van der Waals surface area contributed by atoms with Crippen molar-refractivity contribution in [3.8, 4) is 28.9 Å². The van der Waals surface area contributed by atoms with Crippen LogP contribution < -0.4 is 21.1 Å². The predicted molar refractivity (Wildman–Crippen MR) is 135 cm³/mol. The SMILES string of the molecule is N#CC1=C(N)Oc2c(c(-c3ccccc3)nn2-c2ccccc2)[C@@]12C(=O)N(CC(N)=O)c1ccccc12. The van der Waals surface area contributed by atoms with Gasteiger partial charge in [0, 0.05) is 16.8 Å². The van der Waals surface area contributed by atoms with Crippen LogP contribution in [0.3, 0.4) is 0 Å². The molecule has 4 N–H and O–H groups in total. The first-order valence-electron chi connectivity index (χ1n) is 11.5. The number of hydrogen-bond acceptors (Lipinski definition) is 6. The molecule has 0 saturated heterocycles. The fourth-order valence-corrected chi connectivity index (χ4v) is 5.23. The van der Waals surface area contributed by atoms with Crippen molar-refractivity contribution >= 4 is 17.5 Å². The van der Waals surface area contributed by atoms with E-state index in [-0.39, 0.29) is 23.9 Å². The van der Waals surface area contributed by atoms with Crippen LogP contribution in [0.15, 0.2) is 96.4 Å². The zero-order valence-electron chi connectivity index (χ0n) is 19.5. The van der Waals surface area contributed by atoms with Crippen LogP contribution in [-0.2, 0) is 15.0 Å². The average molecular weight is 489 g/mol. The minimum Gasteiger partial charge on any atom is -0.422 e. The Bertz CT molecular complexity index is 1650. The highest BCUT2D eigenvalue weighted by Gasteiger charge is 2.61. The topological polar surface area (TPSA) is 140 Å². The Kier molecular flexibility index (Phi) is 4.85. The molecule has 9 nitrogen and oxygen atoms in total. The molecule has 3 aromatic carbocycles. The number of carbonyl (C=O) groups is 2. The van der Waals surface area contributed by atoms with E-state index >= 15 is 0 Å². The summed E-state index contributed by atoms with van der Waals surface area (Å²) in [6, 6.07) is 27.7. The number of benzene rings is 3. The van der Waals surface area contributed by atoms with Crippen LogP contribution in [0.2, 0.25) is 0 Å². The number of nitrogens with zero attached hydrogens (tertiary/aromatic N) is 4. The molecule has 0 bridgehead atoms. The number of fused-ring (bicyclic) bond motifs is 4. The van der Waals surface area contributed by atoms with Gasteiger partial charge in [-0.3, -0.25) is 9.59 Å². The van der Waals surface area contributed by atoms with Crippen LogP contribution in [-0.4, -0.2) is 28.1 Å². The molecule has 0 radical (unpaired) electrons. The fraction of sp³-hybridized carbons (Fsp3) is 0.0714. The first kappa shape index (κ1) is 22.1. The van der Waals surface area contributed by atoms with Gasteiger partial charge in [0.2, 0.25) is 23.6 Å². The third kappa shape index (κ3) is 2.99. The predicted octanol–water partition coefficient (Wildman–Crippen LogP) is 2.74. The van der Waals surface area contributed by atoms with Gasteiger partial charge in [0.1, 0.15) is 29.3 Å². The minimum atomic E-state index is -1.70. The van der Waals surface area contributed by atoms with E-state index in [9.17, 15) is 14.9 Å². The number of rotatable bonds is 4. The Hall–Kier alpha value is -5.36. The summed E-state index contributed by atoms with van der Waals surface area (Å²) in [5.41, 5.74) is 13.3. The Morgan fingerprint density at radius 3 is 2.32 bits per heavy atom. The molecule has 37 heavy (non-hydrogen) atoms. The van der Waals surface area contributed by atoms with E-state index in [0.717, 1.165) is 0 Å². The molecular formula is C28H20N6O3. The summed E-state index contributed by atoms with van der Waals surface area (Å²) in [5, 5.41) is 15.2. The summed E-state index contributed by atoms with van der Waals surface area (Å²) in [5.74, 6) is -1.21. The van der Waals surface area contributed by atoms with Crippen molar-refractivity contribution in [1.29, 1.82) is 5.26 Å². The van der Waals surface area contributed by atoms with Crippen LogP contribution in [0, 0.1) is 11.3 Å². The van der Waals surface area contributed by atoms with Crippen molar-refractivity contribution in [1.82, 2.24) is 9.78 Å². The summed E-state index contributed by atoms with van der Waals surface area (Å²) in [6.07, 6.45) is 0. The highest BCUT2D eigenvalue weighted by molar-refractivity contribution is 6.16. The van der Waals surface area contributed by atoms with E-state index in [1.54, 1.807) is 28.9 Å². The fourth-order valence-electron chi connectivity index (χ4n) is 5.23. The molecule has 0 saturated carbocycles. The monoisotopic (exact) mass is 488 g/mol. The Balaban J connectivity index is 1.77. The van der Waals surface area contributed by atoms with E-state index in [4.69, 9.17) is 21.3 Å². The van der Waals surface area contributed by atoms with Crippen molar-refractivity contribution < 1.29 is 14.3 Å². The summed E-state index contributed by atoms with van der Waals surface area (Å²) in [4.78, 5) is 27.8. The molecular weight excluding hydrogens is 468 g/mol. The molecule has 1 aromatic heterocycles. The first-order chi connectivity index (χ1) is 18.0. The van der Waals surface area contributed by atoms with Gasteiger partial charge in [-0.1, -0.05) is 66.7 Å². The van der Waals surface area contributed by atoms with Crippen molar-refractivity contribution in [2.75, 3.05) is 11.4 Å². The molecule has 0 unspecified atom stereocenters. The molecule has 0 fully saturated rings. The molecule has 2 aliphatic rings. The zero-order chi connectivity index (χ0) is 25.7. The second-order valence-electron chi connectivity index (χ2n) is 8.72. The van der Waals surface area contributed by atoms with Gasteiger partial charge < -0.3 is 21.1 Å². The number of primary amides is 1. The molecule has 1 spiro atoms. The Morgan fingerprint density at radius 2 is 1.65 bits per heavy atom.